The molecule has 9 nitrogen and oxygen atoms in total. The number of rotatable bonds is 10. The zero-order chi connectivity index (χ0) is 32.8. The SMILES string of the molecule is O=C(NCc1cccc(-c2cccc(C3OC(CSc4nnnn4-c4ccccc4)CC(c4ccc(CO)cc4)O3)c2)c1)C(Cl)(Cl)Cl. The molecule has 0 bridgehead atoms. The molecule has 3 unspecified atom stereocenters. The summed E-state index contributed by atoms with van der Waals surface area (Å²) in [7, 11) is 0. The van der Waals surface area contributed by atoms with E-state index in [0.29, 0.717) is 17.3 Å². The molecule has 3 atom stereocenters. The number of carbonyl (C=O) groups excluding carboxylic acids is 1. The standard InChI is InChI=1S/C34H30Cl3N5O4S/c35-34(36,37)32(44)38-19-23-6-4-7-25(16-23)26-8-5-9-27(17-26)31-45-29(18-30(46-31)24-14-12-22(20-43)13-15-24)21-47-33-39-40-41-42(33)28-10-2-1-3-11-28/h1-17,29-31,43H,18-21H2,(H,38,44). The summed E-state index contributed by atoms with van der Waals surface area (Å²) >= 11 is 18.6. The second kappa shape index (κ2) is 15.2. The molecule has 0 saturated carbocycles. The third-order valence-corrected chi connectivity index (χ3v) is 9.15. The fraction of sp³-hybridized carbons (Fsp3) is 0.235. The summed E-state index contributed by atoms with van der Waals surface area (Å²) in [6.45, 7) is 0.180. The number of para-hydroxylation sites is 1. The highest BCUT2D eigenvalue weighted by atomic mass is 35.6. The normalized spacial score (nSPS) is 18.2. The molecule has 6 rings (SSSR count). The maximum absolute atomic E-state index is 12.0. The van der Waals surface area contributed by atoms with E-state index in [2.05, 4.69) is 20.8 Å². The van der Waals surface area contributed by atoms with Crippen molar-refractivity contribution in [2.75, 3.05) is 5.75 Å². The molecule has 4 aromatic carbocycles. The Morgan fingerprint density at radius 3 is 2.38 bits per heavy atom. The molecule has 0 radical (unpaired) electrons. The zero-order valence-electron chi connectivity index (χ0n) is 24.9. The lowest BCUT2D eigenvalue weighted by molar-refractivity contribution is -0.245. The number of ether oxygens (including phenoxy) is 2. The van der Waals surface area contributed by atoms with Crippen LogP contribution in [0.4, 0.5) is 0 Å². The van der Waals surface area contributed by atoms with Gasteiger partial charge in [-0.3, -0.25) is 4.79 Å². The highest BCUT2D eigenvalue weighted by Crippen LogP contribution is 2.40. The molecule has 13 heteroatoms. The molecule has 1 aliphatic heterocycles. The number of hydrogen-bond acceptors (Lipinski definition) is 8. The number of nitrogens with zero attached hydrogens (tertiary/aromatic N) is 4. The number of halogens is 3. The molecule has 1 amide bonds. The van der Waals surface area contributed by atoms with Gasteiger partial charge in [0.1, 0.15) is 0 Å². The lowest BCUT2D eigenvalue weighted by Crippen LogP contribution is -2.33. The first-order valence-electron chi connectivity index (χ1n) is 14.8. The molecule has 47 heavy (non-hydrogen) atoms. The topological polar surface area (TPSA) is 111 Å². The molecule has 5 aromatic rings. The smallest absolute Gasteiger partial charge is 0.272 e. The van der Waals surface area contributed by atoms with Gasteiger partial charge >= 0.3 is 0 Å². The number of aliphatic hydroxyl groups is 1. The van der Waals surface area contributed by atoms with Crippen LogP contribution in [0.15, 0.2) is 108 Å². The number of carbonyl (C=O) groups is 1. The Bertz CT molecular complexity index is 1800. The molecule has 1 aromatic heterocycles. The minimum atomic E-state index is -2.03. The van der Waals surface area contributed by atoms with Crippen molar-refractivity contribution in [3.63, 3.8) is 0 Å². The van der Waals surface area contributed by atoms with E-state index in [1.54, 1.807) is 4.68 Å². The van der Waals surface area contributed by atoms with Gasteiger partial charge in [-0.2, -0.15) is 4.68 Å². The van der Waals surface area contributed by atoms with Gasteiger partial charge in [-0.25, -0.2) is 0 Å². The molecule has 2 heterocycles. The van der Waals surface area contributed by atoms with Crippen molar-refractivity contribution in [2.45, 2.75) is 47.0 Å². The van der Waals surface area contributed by atoms with Crippen LogP contribution in [-0.4, -0.2) is 46.9 Å². The molecule has 1 aliphatic rings. The van der Waals surface area contributed by atoms with Gasteiger partial charge in [-0.15, -0.1) is 5.10 Å². The number of aliphatic hydroxyl groups excluding tert-OH is 1. The van der Waals surface area contributed by atoms with Crippen LogP contribution < -0.4 is 5.32 Å². The highest BCUT2D eigenvalue weighted by Gasteiger charge is 2.33. The Morgan fingerprint density at radius 1 is 0.894 bits per heavy atom. The molecule has 1 fully saturated rings. The summed E-state index contributed by atoms with van der Waals surface area (Å²) in [4.78, 5) is 12.0. The minimum Gasteiger partial charge on any atom is -0.392 e. The first-order chi connectivity index (χ1) is 22.8. The van der Waals surface area contributed by atoms with Crippen LogP contribution in [0.25, 0.3) is 16.8 Å². The van der Waals surface area contributed by atoms with Gasteiger partial charge in [-0.05, 0) is 62.5 Å². The van der Waals surface area contributed by atoms with Gasteiger partial charge in [0.25, 0.3) is 9.70 Å². The van der Waals surface area contributed by atoms with Gasteiger partial charge < -0.3 is 19.9 Å². The van der Waals surface area contributed by atoms with E-state index in [4.69, 9.17) is 44.3 Å². The van der Waals surface area contributed by atoms with Crippen LogP contribution in [0.2, 0.25) is 0 Å². The van der Waals surface area contributed by atoms with Crippen LogP contribution in [0.1, 0.15) is 41.1 Å². The first kappa shape index (κ1) is 33.4. The molecule has 0 aliphatic carbocycles. The zero-order valence-corrected chi connectivity index (χ0v) is 28.0. The van der Waals surface area contributed by atoms with Crippen molar-refractivity contribution in [3.8, 4) is 16.8 Å². The van der Waals surface area contributed by atoms with Crippen molar-refractivity contribution in [1.29, 1.82) is 0 Å². The van der Waals surface area contributed by atoms with E-state index in [-0.39, 0.29) is 25.4 Å². The molecule has 1 saturated heterocycles. The number of hydrogen-bond donors (Lipinski definition) is 2. The summed E-state index contributed by atoms with van der Waals surface area (Å²) in [5.41, 5.74) is 6.31. The Hall–Kier alpha value is -3.48. The summed E-state index contributed by atoms with van der Waals surface area (Å²) in [6, 6.07) is 33.3. The van der Waals surface area contributed by atoms with E-state index >= 15 is 0 Å². The minimum absolute atomic E-state index is 0.0276. The quantitative estimate of drug-likeness (QED) is 0.116. The molecular weight excluding hydrogens is 681 g/mol. The molecule has 2 N–H and O–H groups in total. The fourth-order valence-corrected chi connectivity index (χ4v) is 6.31. The lowest BCUT2D eigenvalue weighted by atomic mass is 9.99. The van der Waals surface area contributed by atoms with E-state index in [9.17, 15) is 9.90 Å². The fourth-order valence-electron chi connectivity index (χ4n) is 5.20. The van der Waals surface area contributed by atoms with Crippen LogP contribution in [0.3, 0.4) is 0 Å². The largest absolute Gasteiger partial charge is 0.392 e. The van der Waals surface area contributed by atoms with E-state index < -0.39 is 16.0 Å². The Balaban J connectivity index is 1.22. The van der Waals surface area contributed by atoms with Crippen LogP contribution in [0.5, 0.6) is 0 Å². The Kier molecular flexibility index (Phi) is 10.8. The maximum atomic E-state index is 12.0. The van der Waals surface area contributed by atoms with Crippen LogP contribution in [-0.2, 0) is 27.4 Å². The molecule has 0 spiro atoms. The van der Waals surface area contributed by atoms with Crippen molar-refractivity contribution in [2.24, 2.45) is 0 Å². The van der Waals surface area contributed by atoms with Crippen molar-refractivity contribution in [3.05, 3.63) is 125 Å². The van der Waals surface area contributed by atoms with Crippen molar-refractivity contribution < 1.29 is 19.4 Å². The average molecular weight is 711 g/mol. The third kappa shape index (κ3) is 8.52. The second-order valence-corrected chi connectivity index (χ2v) is 14.1. The predicted molar refractivity (Wildman–Crippen MR) is 182 cm³/mol. The van der Waals surface area contributed by atoms with Gasteiger partial charge in [0.15, 0.2) is 6.29 Å². The van der Waals surface area contributed by atoms with Crippen LogP contribution in [0, 0.1) is 0 Å². The van der Waals surface area contributed by atoms with Crippen LogP contribution >= 0.6 is 46.6 Å². The van der Waals surface area contributed by atoms with Gasteiger partial charge in [0.2, 0.25) is 5.16 Å². The van der Waals surface area contributed by atoms with Gasteiger partial charge in [-0.1, -0.05) is 125 Å². The summed E-state index contributed by atoms with van der Waals surface area (Å²) in [6.07, 6.45) is -0.452. The van der Waals surface area contributed by atoms with Gasteiger partial charge in [0, 0.05) is 24.3 Å². The monoisotopic (exact) mass is 709 g/mol. The molecule has 242 valence electrons. The van der Waals surface area contributed by atoms with E-state index in [1.165, 1.54) is 11.8 Å². The number of benzene rings is 4. The maximum Gasteiger partial charge on any atom is 0.272 e. The summed E-state index contributed by atoms with van der Waals surface area (Å²) in [5, 5.41) is 25.2. The lowest BCUT2D eigenvalue weighted by Gasteiger charge is -2.36. The Labute approximate surface area is 291 Å². The molecular formula is C34H30Cl3N5O4S. The number of tetrazole rings is 1. The third-order valence-electron chi connectivity index (χ3n) is 7.58. The van der Waals surface area contributed by atoms with E-state index in [0.717, 1.165) is 39.1 Å². The predicted octanol–water partition coefficient (Wildman–Crippen LogP) is 7.15. The number of alkyl halides is 3. The Morgan fingerprint density at radius 2 is 1.64 bits per heavy atom. The number of aromatic nitrogens is 4. The number of nitrogens with one attached hydrogen (secondary N) is 1. The van der Waals surface area contributed by atoms with Crippen molar-refractivity contribution in [1.82, 2.24) is 25.5 Å². The van der Waals surface area contributed by atoms with Crippen molar-refractivity contribution >= 4 is 52.5 Å². The number of amides is 1. The second-order valence-electron chi connectivity index (χ2n) is 10.9. The summed E-state index contributed by atoms with van der Waals surface area (Å²) < 4.78 is 12.8. The summed E-state index contributed by atoms with van der Waals surface area (Å²) in [5.74, 6) is -0.0914. The van der Waals surface area contributed by atoms with Gasteiger partial charge in [0.05, 0.1) is 24.5 Å². The number of thioether (sulfide) groups is 1. The first-order valence-corrected chi connectivity index (χ1v) is 16.9. The average Bonchev–Trinajstić information content (AvgIpc) is 3.58. The highest BCUT2D eigenvalue weighted by molar-refractivity contribution is 7.99. The van der Waals surface area contributed by atoms with E-state index in [1.807, 2.05) is 103 Å².